The number of aliphatic hydroxyl groups excluding tert-OH is 1. The molecule has 1 N–H and O–H groups in total. The summed E-state index contributed by atoms with van der Waals surface area (Å²) in [6.07, 6.45) is 3.12. The zero-order valence-electron chi connectivity index (χ0n) is 12.0. The average molecular weight is 249 g/mol. The highest BCUT2D eigenvalue weighted by Gasteiger charge is 2.01. The molecule has 0 heterocycles. The van der Waals surface area contributed by atoms with Gasteiger partial charge in [0.25, 0.3) is 0 Å². The van der Waals surface area contributed by atoms with Crippen LogP contribution in [0, 0.1) is 5.92 Å². The van der Waals surface area contributed by atoms with Gasteiger partial charge in [-0.2, -0.15) is 0 Å². The molecule has 18 heavy (non-hydrogen) atoms. The van der Waals surface area contributed by atoms with Gasteiger partial charge in [0.15, 0.2) is 0 Å². The van der Waals surface area contributed by atoms with Crippen LogP contribution < -0.4 is 0 Å². The molecule has 2 nitrogen and oxygen atoms in total. The average Bonchev–Trinajstić information content (AvgIpc) is 2.35. The predicted molar refractivity (Wildman–Crippen MR) is 77.9 cm³/mol. The molecule has 0 aliphatic carbocycles. The zero-order valence-corrected chi connectivity index (χ0v) is 12.0. The summed E-state index contributed by atoms with van der Waals surface area (Å²) in [4.78, 5) is 2.28. The highest BCUT2D eigenvalue weighted by atomic mass is 16.3. The maximum Gasteiger partial charge on any atom is 0.0443 e. The van der Waals surface area contributed by atoms with E-state index in [1.54, 1.807) is 0 Å². The molecular weight excluding hydrogens is 222 g/mol. The molecule has 2 heteroatoms. The van der Waals surface area contributed by atoms with E-state index in [1.165, 1.54) is 11.1 Å². The van der Waals surface area contributed by atoms with Crippen LogP contribution in [0.25, 0.3) is 0 Å². The van der Waals surface area contributed by atoms with Crippen LogP contribution in [-0.2, 0) is 12.8 Å². The Morgan fingerprint density at radius 1 is 1.06 bits per heavy atom. The number of likely N-dealkylation sites (N-methyl/N-ethyl adjacent to an activating group) is 1. The minimum atomic E-state index is 0.286. The van der Waals surface area contributed by atoms with Crippen molar-refractivity contribution in [2.45, 2.75) is 33.1 Å². The third kappa shape index (κ3) is 6.18. The predicted octanol–water partition coefficient (Wildman–Crippen LogP) is 2.74. The van der Waals surface area contributed by atoms with Gasteiger partial charge in [-0.15, -0.1) is 0 Å². The van der Waals surface area contributed by atoms with E-state index < -0.39 is 0 Å². The lowest BCUT2D eigenvalue weighted by Gasteiger charge is -2.15. The standard InChI is InChI=1S/C16H27NO/c1-14(2)13-16-7-5-15(6-8-16)9-11-17(3)10-4-12-18/h5-8,14,18H,4,9-13H2,1-3H3. The maximum absolute atomic E-state index is 8.78. The van der Waals surface area contributed by atoms with E-state index in [1.807, 2.05) is 0 Å². The first-order chi connectivity index (χ1) is 8.61. The molecule has 0 radical (unpaired) electrons. The molecular formula is C16H27NO. The number of nitrogens with zero attached hydrogens (tertiary/aromatic N) is 1. The Morgan fingerprint density at radius 3 is 2.22 bits per heavy atom. The van der Waals surface area contributed by atoms with Crippen LogP contribution in [0.3, 0.4) is 0 Å². The molecule has 0 aliphatic heterocycles. The van der Waals surface area contributed by atoms with Gasteiger partial charge in [0.2, 0.25) is 0 Å². The first kappa shape index (κ1) is 15.2. The number of hydrogen-bond acceptors (Lipinski definition) is 2. The van der Waals surface area contributed by atoms with Gasteiger partial charge < -0.3 is 10.0 Å². The van der Waals surface area contributed by atoms with E-state index in [0.29, 0.717) is 0 Å². The largest absolute Gasteiger partial charge is 0.396 e. The van der Waals surface area contributed by atoms with Crippen molar-refractivity contribution >= 4 is 0 Å². The Balaban J connectivity index is 2.34. The minimum Gasteiger partial charge on any atom is -0.396 e. The van der Waals surface area contributed by atoms with Gasteiger partial charge in [0.1, 0.15) is 0 Å². The van der Waals surface area contributed by atoms with Gasteiger partial charge in [-0.3, -0.25) is 0 Å². The van der Waals surface area contributed by atoms with Crippen LogP contribution in [-0.4, -0.2) is 36.8 Å². The second-order valence-corrected chi connectivity index (χ2v) is 5.54. The van der Waals surface area contributed by atoms with E-state index in [0.717, 1.165) is 38.3 Å². The lowest BCUT2D eigenvalue weighted by atomic mass is 10.0. The molecule has 0 amide bonds. The molecule has 0 saturated heterocycles. The summed E-state index contributed by atoms with van der Waals surface area (Å²) < 4.78 is 0. The first-order valence-corrected chi connectivity index (χ1v) is 6.99. The Bertz CT molecular complexity index is 318. The third-order valence-electron chi connectivity index (χ3n) is 3.15. The van der Waals surface area contributed by atoms with Gasteiger partial charge in [0, 0.05) is 19.7 Å². The summed E-state index contributed by atoms with van der Waals surface area (Å²) in [5.41, 5.74) is 2.83. The van der Waals surface area contributed by atoms with E-state index in [2.05, 4.69) is 50.1 Å². The molecule has 0 fully saturated rings. The Kier molecular flexibility index (Phi) is 6.99. The monoisotopic (exact) mass is 249 g/mol. The Labute approximate surface area is 112 Å². The molecule has 0 unspecified atom stereocenters. The van der Waals surface area contributed by atoms with Crippen LogP contribution in [0.2, 0.25) is 0 Å². The molecule has 1 rings (SSSR count). The summed E-state index contributed by atoms with van der Waals surface area (Å²) in [7, 11) is 2.11. The number of benzene rings is 1. The summed E-state index contributed by atoms with van der Waals surface area (Å²) in [6, 6.07) is 9.00. The minimum absolute atomic E-state index is 0.286. The van der Waals surface area contributed by atoms with Crippen molar-refractivity contribution in [1.29, 1.82) is 0 Å². The topological polar surface area (TPSA) is 23.5 Å². The van der Waals surface area contributed by atoms with E-state index in [-0.39, 0.29) is 6.61 Å². The van der Waals surface area contributed by atoms with Crippen molar-refractivity contribution in [2.75, 3.05) is 26.7 Å². The lowest BCUT2D eigenvalue weighted by molar-refractivity contribution is 0.248. The van der Waals surface area contributed by atoms with Crippen molar-refractivity contribution in [3.05, 3.63) is 35.4 Å². The molecule has 0 aromatic heterocycles. The van der Waals surface area contributed by atoms with Crippen molar-refractivity contribution in [2.24, 2.45) is 5.92 Å². The van der Waals surface area contributed by atoms with Crippen LogP contribution in [0.15, 0.2) is 24.3 Å². The quantitative estimate of drug-likeness (QED) is 0.766. The normalized spacial score (nSPS) is 11.4. The SMILES string of the molecule is CC(C)Cc1ccc(CCN(C)CCCO)cc1. The van der Waals surface area contributed by atoms with E-state index in [4.69, 9.17) is 5.11 Å². The summed E-state index contributed by atoms with van der Waals surface area (Å²) in [5, 5.41) is 8.78. The van der Waals surface area contributed by atoms with E-state index >= 15 is 0 Å². The van der Waals surface area contributed by atoms with Crippen LogP contribution in [0.5, 0.6) is 0 Å². The Hall–Kier alpha value is -0.860. The highest BCUT2D eigenvalue weighted by Crippen LogP contribution is 2.10. The van der Waals surface area contributed by atoms with Crippen LogP contribution in [0.1, 0.15) is 31.4 Å². The van der Waals surface area contributed by atoms with Crippen molar-refractivity contribution < 1.29 is 5.11 Å². The summed E-state index contributed by atoms with van der Waals surface area (Å²) in [6.45, 7) is 6.83. The molecule has 1 aromatic rings. The lowest BCUT2D eigenvalue weighted by Crippen LogP contribution is -2.23. The van der Waals surface area contributed by atoms with Crippen LogP contribution in [0.4, 0.5) is 0 Å². The smallest absolute Gasteiger partial charge is 0.0443 e. The van der Waals surface area contributed by atoms with Gasteiger partial charge in [-0.1, -0.05) is 38.1 Å². The highest BCUT2D eigenvalue weighted by molar-refractivity contribution is 5.23. The fraction of sp³-hybridized carbons (Fsp3) is 0.625. The third-order valence-corrected chi connectivity index (χ3v) is 3.15. The van der Waals surface area contributed by atoms with Gasteiger partial charge >= 0.3 is 0 Å². The second kappa shape index (κ2) is 8.28. The van der Waals surface area contributed by atoms with Gasteiger partial charge in [-0.25, -0.2) is 0 Å². The van der Waals surface area contributed by atoms with Crippen molar-refractivity contribution in [1.82, 2.24) is 4.90 Å². The molecule has 0 saturated carbocycles. The van der Waals surface area contributed by atoms with E-state index in [9.17, 15) is 0 Å². The zero-order chi connectivity index (χ0) is 13.4. The van der Waals surface area contributed by atoms with Gasteiger partial charge in [0.05, 0.1) is 0 Å². The molecule has 0 atom stereocenters. The molecule has 1 aromatic carbocycles. The number of aliphatic hydroxyl groups is 1. The number of hydrogen-bond donors (Lipinski definition) is 1. The summed E-state index contributed by atoms with van der Waals surface area (Å²) >= 11 is 0. The molecule has 0 aliphatic rings. The van der Waals surface area contributed by atoms with Crippen molar-refractivity contribution in [3.63, 3.8) is 0 Å². The fourth-order valence-electron chi connectivity index (χ4n) is 2.09. The summed E-state index contributed by atoms with van der Waals surface area (Å²) in [5.74, 6) is 0.723. The van der Waals surface area contributed by atoms with Crippen molar-refractivity contribution in [3.8, 4) is 0 Å². The number of rotatable bonds is 8. The second-order valence-electron chi connectivity index (χ2n) is 5.54. The molecule has 0 bridgehead atoms. The maximum atomic E-state index is 8.78. The fourth-order valence-corrected chi connectivity index (χ4v) is 2.09. The van der Waals surface area contributed by atoms with Gasteiger partial charge in [-0.05, 0) is 43.4 Å². The first-order valence-electron chi connectivity index (χ1n) is 6.99. The Morgan fingerprint density at radius 2 is 1.67 bits per heavy atom. The van der Waals surface area contributed by atoms with Crippen LogP contribution >= 0.6 is 0 Å². The molecule has 102 valence electrons. The molecule has 0 spiro atoms.